The maximum atomic E-state index is 12.4. The fraction of sp³-hybridized carbons (Fsp3) is 0.500. The number of carbonyl (C=O) groups excluding carboxylic acids is 1. The van der Waals surface area contributed by atoms with Crippen LogP contribution in [-0.4, -0.2) is 54.7 Å². The molecule has 0 atom stereocenters. The summed E-state index contributed by atoms with van der Waals surface area (Å²) >= 11 is 3.32. The largest absolute Gasteiger partial charge is 0.395 e. The van der Waals surface area contributed by atoms with Crippen molar-refractivity contribution in [3.63, 3.8) is 0 Å². The van der Waals surface area contributed by atoms with Gasteiger partial charge < -0.3 is 14.9 Å². The predicted molar refractivity (Wildman–Crippen MR) is 74.9 cm³/mol. The Morgan fingerprint density at radius 1 is 1.50 bits per heavy atom. The van der Waals surface area contributed by atoms with E-state index in [0.717, 1.165) is 4.47 Å². The van der Waals surface area contributed by atoms with Crippen LogP contribution in [0.5, 0.6) is 0 Å². The van der Waals surface area contributed by atoms with Crippen molar-refractivity contribution in [3.8, 4) is 0 Å². The molecule has 1 aromatic heterocycles. The summed E-state index contributed by atoms with van der Waals surface area (Å²) in [7, 11) is 3.69. The van der Waals surface area contributed by atoms with Crippen LogP contribution in [-0.2, 0) is 0 Å². The molecule has 0 bridgehead atoms. The number of pyridine rings is 1. The summed E-state index contributed by atoms with van der Waals surface area (Å²) in [5.41, 5.74) is 0.532. The lowest BCUT2D eigenvalue weighted by Crippen LogP contribution is -2.34. The van der Waals surface area contributed by atoms with Gasteiger partial charge in [0, 0.05) is 37.9 Å². The molecule has 0 radical (unpaired) electrons. The van der Waals surface area contributed by atoms with Gasteiger partial charge in [-0.3, -0.25) is 4.79 Å². The van der Waals surface area contributed by atoms with E-state index in [2.05, 4.69) is 20.9 Å². The van der Waals surface area contributed by atoms with Crippen LogP contribution in [0.25, 0.3) is 0 Å². The minimum atomic E-state index is -0.121. The van der Waals surface area contributed by atoms with E-state index in [4.69, 9.17) is 5.11 Å². The summed E-state index contributed by atoms with van der Waals surface area (Å²) in [6.07, 6.45) is 1.66. The molecule has 0 saturated heterocycles. The molecule has 0 aromatic carbocycles. The van der Waals surface area contributed by atoms with Crippen LogP contribution in [0.15, 0.2) is 16.7 Å². The van der Waals surface area contributed by atoms with E-state index in [1.54, 1.807) is 22.1 Å². The summed E-state index contributed by atoms with van der Waals surface area (Å²) in [6, 6.07) is 1.75. The van der Waals surface area contributed by atoms with Crippen molar-refractivity contribution < 1.29 is 9.90 Å². The minimum Gasteiger partial charge on any atom is -0.395 e. The van der Waals surface area contributed by atoms with Gasteiger partial charge in [0.2, 0.25) is 0 Å². The standard InChI is InChI=1S/C12H18BrN3O2/c1-4-16(5-6-17)12(18)10-7-9(13)8-14-11(10)15(2)3/h7-8,17H,4-6H2,1-3H3. The number of likely N-dealkylation sites (N-methyl/N-ethyl adjacent to an activating group) is 1. The van der Waals surface area contributed by atoms with Crippen LogP contribution >= 0.6 is 15.9 Å². The van der Waals surface area contributed by atoms with Crippen molar-refractivity contribution in [2.45, 2.75) is 6.92 Å². The topological polar surface area (TPSA) is 56.7 Å². The SMILES string of the molecule is CCN(CCO)C(=O)c1cc(Br)cnc1N(C)C. The highest BCUT2D eigenvalue weighted by Crippen LogP contribution is 2.21. The molecular weight excluding hydrogens is 298 g/mol. The molecule has 0 aliphatic rings. The Bertz CT molecular complexity index is 424. The van der Waals surface area contributed by atoms with Gasteiger partial charge in [-0.25, -0.2) is 4.98 Å². The first kappa shape index (κ1) is 14.9. The van der Waals surface area contributed by atoms with Crippen molar-refractivity contribution in [2.75, 3.05) is 38.7 Å². The van der Waals surface area contributed by atoms with Crippen LogP contribution in [0, 0.1) is 0 Å². The molecule has 1 heterocycles. The second-order valence-corrected chi connectivity index (χ2v) is 4.94. The van der Waals surface area contributed by atoms with E-state index >= 15 is 0 Å². The van der Waals surface area contributed by atoms with Gasteiger partial charge in [0.05, 0.1) is 12.2 Å². The number of aromatic nitrogens is 1. The average molecular weight is 316 g/mol. The predicted octanol–water partition coefficient (Wildman–Crippen LogP) is 1.36. The maximum Gasteiger partial charge on any atom is 0.257 e. The molecule has 18 heavy (non-hydrogen) atoms. The summed E-state index contributed by atoms with van der Waals surface area (Å²) in [6.45, 7) is 2.72. The highest BCUT2D eigenvalue weighted by Gasteiger charge is 2.19. The van der Waals surface area contributed by atoms with Crippen LogP contribution in [0.2, 0.25) is 0 Å². The molecule has 1 amide bonds. The molecular formula is C12H18BrN3O2. The molecule has 1 aromatic rings. The number of carbonyl (C=O) groups is 1. The second kappa shape index (κ2) is 6.70. The third-order valence-corrected chi connectivity index (χ3v) is 2.96. The summed E-state index contributed by atoms with van der Waals surface area (Å²) < 4.78 is 0.761. The maximum absolute atomic E-state index is 12.4. The number of amides is 1. The van der Waals surface area contributed by atoms with Crippen molar-refractivity contribution >= 4 is 27.7 Å². The second-order valence-electron chi connectivity index (χ2n) is 4.03. The molecule has 0 unspecified atom stereocenters. The summed E-state index contributed by atoms with van der Waals surface area (Å²) in [4.78, 5) is 20.0. The van der Waals surface area contributed by atoms with E-state index in [1.807, 2.05) is 21.0 Å². The average Bonchev–Trinajstić information content (AvgIpc) is 2.34. The summed E-state index contributed by atoms with van der Waals surface area (Å²) in [5, 5.41) is 8.97. The van der Waals surface area contributed by atoms with Gasteiger partial charge in [-0.1, -0.05) is 0 Å². The first-order chi connectivity index (χ1) is 8.51. The molecule has 0 fully saturated rings. The molecule has 1 rings (SSSR count). The molecule has 0 saturated carbocycles. The molecule has 0 aliphatic heterocycles. The highest BCUT2D eigenvalue weighted by molar-refractivity contribution is 9.10. The first-order valence-corrected chi connectivity index (χ1v) is 6.53. The third-order valence-electron chi connectivity index (χ3n) is 2.53. The number of nitrogens with zero attached hydrogens (tertiary/aromatic N) is 3. The monoisotopic (exact) mass is 315 g/mol. The van der Waals surface area contributed by atoms with Crippen LogP contribution in [0.1, 0.15) is 17.3 Å². The number of hydrogen-bond acceptors (Lipinski definition) is 4. The number of halogens is 1. The zero-order valence-electron chi connectivity index (χ0n) is 10.9. The van der Waals surface area contributed by atoms with Crippen molar-refractivity contribution in [1.29, 1.82) is 0 Å². The molecule has 0 aliphatic carbocycles. The van der Waals surface area contributed by atoms with Crippen LogP contribution in [0.4, 0.5) is 5.82 Å². The number of hydrogen-bond donors (Lipinski definition) is 1. The molecule has 1 N–H and O–H groups in total. The zero-order chi connectivity index (χ0) is 13.7. The summed E-state index contributed by atoms with van der Waals surface area (Å²) in [5.74, 6) is 0.503. The lowest BCUT2D eigenvalue weighted by atomic mass is 10.2. The highest BCUT2D eigenvalue weighted by atomic mass is 79.9. The van der Waals surface area contributed by atoms with Crippen LogP contribution < -0.4 is 4.90 Å². The van der Waals surface area contributed by atoms with Gasteiger partial charge in [0.15, 0.2) is 0 Å². The first-order valence-electron chi connectivity index (χ1n) is 5.74. The van der Waals surface area contributed by atoms with E-state index in [0.29, 0.717) is 24.5 Å². The Balaban J connectivity index is 3.13. The van der Waals surface area contributed by atoms with Crippen LogP contribution in [0.3, 0.4) is 0 Å². The van der Waals surface area contributed by atoms with E-state index in [9.17, 15) is 4.79 Å². The molecule has 6 heteroatoms. The Kier molecular flexibility index (Phi) is 5.55. The Hall–Kier alpha value is -1.14. The van der Waals surface area contributed by atoms with E-state index < -0.39 is 0 Å². The fourth-order valence-electron chi connectivity index (χ4n) is 1.64. The molecule has 100 valence electrons. The quantitative estimate of drug-likeness (QED) is 0.891. The lowest BCUT2D eigenvalue weighted by Gasteiger charge is -2.23. The van der Waals surface area contributed by atoms with Gasteiger partial charge in [0.1, 0.15) is 5.82 Å². The van der Waals surface area contributed by atoms with E-state index in [1.165, 1.54) is 0 Å². The smallest absolute Gasteiger partial charge is 0.257 e. The van der Waals surface area contributed by atoms with E-state index in [-0.39, 0.29) is 12.5 Å². The lowest BCUT2D eigenvalue weighted by molar-refractivity contribution is 0.0732. The number of anilines is 1. The van der Waals surface area contributed by atoms with Gasteiger partial charge in [-0.2, -0.15) is 0 Å². The van der Waals surface area contributed by atoms with Gasteiger partial charge in [-0.15, -0.1) is 0 Å². The molecule has 0 spiro atoms. The van der Waals surface area contributed by atoms with Crippen molar-refractivity contribution in [3.05, 3.63) is 22.3 Å². The Morgan fingerprint density at radius 3 is 2.67 bits per heavy atom. The number of rotatable bonds is 5. The van der Waals surface area contributed by atoms with Crippen molar-refractivity contribution in [1.82, 2.24) is 9.88 Å². The fourth-order valence-corrected chi connectivity index (χ4v) is 1.97. The van der Waals surface area contributed by atoms with Crippen molar-refractivity contribution in [2.24, 2.45) is 0 Å². The Morgan fingerprint density at radius 2 is 2.17 bits per heavy atom. The molecule has 5 nitrogen and oxygen atoms in total. The van der Waals surface area contributed by atoms with Gasteiger partial charge in [0.25, 0.3) is 5.91 Å². The Labute approximate surface area is 116 Å². The third kappa shape index (κ3) is 3.43. The number of aliphatic hydroxyl groups excluding tert-OH is 1. The van der Waals surface area contributed by atoms with Gasteiger partial charge in [-0.05, 0) is 28.9 Å². The minimum absolute atomic E-state index is 0.0433. The number of aliphatic hydroxyl groups is 1. The van der Waals surface area contributed by atoms with Gasteiger partial charge >= 0.3 is 0 Å². The zero-order valence-corrected chi connectivity index (χ0v) is 12.4. The normalized spacial score (nSPS) is 10.3.